The first-order chi connectivity index (χ1) is 13.4. The Bertz CT molecular complexity index is 935. The number of hydrogen-bond acceptors (Lipinski definition) is 5. The highest BCUT2D eigenvalue weighted by molar-refractivity contribution is 5.60. The molecule has 0 amide bonds. The largest absolute Gasteiger partial charge is 0.339 e. The van der Waals surface area contributed by atoms with E-state index in [9.17, 15) is 0 Å². The number of aromatic nitrogens is 4. The number of nitrogens with zero attached hydrogens (tertiary/aromatic N) is 4. The minimum atomic E-state index is 0.164. The second-order valence-electron chi connectivity index (χ2n) is 6.22. The van der Waals surface area contributed by atoms with Crippen molar-refractivity contribution in [2.24, 2.45) is 0 Å². The molecule has 0 bridgehead atoms. The summed E-state index contributed by atoms with van der Waals surface area (Å²) >= 11 is 0. The zero-order valence-corrected chi connectivity index (χ0v) is 14.7. The molecule has 0 saturated heterocycles. The van der Waals surface area contributed by atoms with Crippen LogP contribution in [-0.2, 0) is 6.42 Å². The molecule has 4 aromatic rings. The highest BCUT2D eigenvalue weighted by atomic mass is 15.2. The van der Waals surface area contributed by atoms with Crippen LogP contribution < -0.4 is 5.32 Å². The zero-order valence-electron chi connectivity index (χ0n) is 14.7. The number of para-hydroxylation sites is 1. The van der Waals surface area contributed by atoms with Gasteiger partial charge in [0.1, 0.15) is 0 Å². The lowest BCUT2D eigenvalue weighted by molar-refractivity contribution is 0.795. The van der Waals surface area contributed by atoms with Crippen molar-refractivity contribution in [2.75, 3.05) is 5.32 Å². The van der Waals surface area contributed by atoms with Crippen LogP contribution in [0.5, 0.6) is 0 Å². The molecular weight excluding hydrogens is 334 g/mol. The summed E-state index contributed by atoms with van der Waals surface area (Å²) in [7, 11) is 0. The summed E-state index contributed by atoms with van der Waals surface area (Å²) in [4.78, 5) is 8.62. The molecule has 0 unspecified atom stereocenters. The maximum Gasteiger partial charge on any atom is 0.153 e. The van der Waals surface area contributed by atoms with Crippen molar-refractivity contribution in [3.05, 3.63) is 108 Å². The Labute approximate surface area is 158 Å². The quantitative estimate of drug-likeness (QED) is 0.557. The molecule has 3 heterocycles. The summed E-state index contributed by atoms with van der Waals surface area (Å²) in [5.74, 6) is 0.890. The van der Waals surface area contributed by atoms with Gasteiger partial charge in [-0.25, -0.2) is 0 Å². The van der Waals surface area contributed by atoms with Gasteiger partial charge in [0.05, 0.1) is 0 Å². The van der Waals surface area contributed by atoms with Gasteiger partial charge >= 0.3 is 0 Å². The third-order valence-corrected chi connectivity index (χ3v) is 4.45. The van der Waals surface area contributed by atoms with E-state index in [4.69, 9.17) is 0 Å². The molecule has 1 N–H and O–H groups in total. The van der Waals surface area contributed by atoms with Gasteiger partial charge in [-0.15, -0.1) is 5.10 Å². The Morgan fingerprint density at radius 1 is 0.741 bits per heavy atom. The van der Waals surface area contributed by atoms with Crippen LogP contribution in [0.1, 0.15) is 22.6 Å². The molecule has 5 nitrogen and oxygen atoms in total. The van der Waals surface area contributed by atoms with Crippen LogP contribution in [0, 0.1) is 0 Å². The molecule has 0 fully saturated rings. The Kier molecular flexibility index (Phi) is 5.11. The third-order valence-electron chi connectivity index (χ3n) is 4.45. The van der Waals surface area contributed by atoms with E-state index < -0.39 is 0 Å². The lowest BCUT2D eigenvalue weighted by atomic mass is 9.87. The topological polar surface area (TPSA) is 63.6 Å². The third kappa shape index (κ3) is 4.15. The highest BCUT2D eigenvalue weighted by Crippen LogP contribution is 2.31. The molecule has 0 aliphatic heterocycles. The molecule has 3 aromatic heterocycles. The first-order valence-electron chi connectivity index (χ1n) is 8.82. The van der Waals surface area contributed by atoms with Crippen LogP contribution in [0.2, 0.25) is 0 Å². The lowest BCUT2D eigenvalue weighted by Gasteiger charge is -2.19. The molecule has 132 valence electrons. The minimum Gasteiger partial charge on any atom is -0.339 e. The van der Waals surface area contributed by atoms with E-state index in [1.165, 1.54) is 16.7 Å². The first-order valence-corrected chi connectivity index (χ1v) is 8.82. The van der Waals surface area contributed by atoms with Crippen LogP contribution in [0.15, 0.2) is 91.6 Å². The second kappa shape index (κ2) is 8.19. The van der Waals surface area contributed by atoms with Crippen molar-refractivity contribution in [2.45, 2.75) is 12.3 Å². The van der Waals surface area contributed by atoms with Crippen molar-refractivity contribution < 1.29 is 0 Å². The van der Waals surface area contributed by atoms with E-state index in [2.05, 4.69) is 55.8 Å². The van der Waals surface area contributed by atoms with Crippen LogP contribution >= 0.6 is 0 Å². The van der Waals surface area contributed by atoms with Crippen LogP contribution in [0.3, 0.4) is 0 Å². The number of benzene rings is 1. The Morgan fingerprint density at radius 2 is 1.44 bits per heavy atom. The second-order valence-corrected chi connectivity index (χ2v) is 6.22. The summed E-state index contributed by atoms with van der Waals surface area (Å²) in [6, 6.07) is 20.2. The van der Waals surface area contributed by atoms with Crippen molar-refractivity contribution >= 4 is 11.5 Å². The summed E-state index contributed by atoms with van der Waals surface area (Å²) in [6.07, 6.45) is 9.94. The predicted octanol–water partition coefficient (Wildman–Crippen LogP) is 4.38. The highest BCUT2D eigenvalue weighted by Gasteiger charge is 2.17. The van der Waals surface area contributed by atoms with E-state index in [1.807, 2.05) is 42.7 Å². The van der Waals surface area contributed by atoms with Gasteiger partial charge in [-0.2, -0.15) is 5.10 Å². The summed E-state index contributed by atoms with van der Waals surface area (Å²) < 4.78 is 0. The van der Waals surface area contributed by atoms with Crippen molar-refractivity contribution in [3.63, 3.8) is 0 Å². The molecule has 0 saturated carbocycles. The smallest absolute Gasteiger partial charge is 0.153 e. The predicted molar refractivity (Wildman–Crippen MR) is 106 cm³/mol. The first kappa shape index (κ1) is 16.8. The number of nitrogens with one attached hydrogen (secondary N) is 1. The summed E-state index contributed by atoms with van der Waals surface area (Å²) in [6.45, 7) is 0. The van der Waals surface area contributed by atoms with Gasteiger partial charge in [0.15, 0.2) is 5.82 Å². The standard InChI is InChI=1S/C22H19N5/c1-2-9-21(26-22-10-5-13-25-27-22)17(6-1)14-20(18-7-3-11-23-15-18)19-8-4-12-24-16-19/h1-13,15-16,20H,14H2,(H,26,27). The average Bonchev–Trinajstić information content (AvgIpc) is 2.75. The van der Waals surface area contributed by atoms with Crippen LogP contribution in [-0.4, -0.2) is 20.2 Å². The number of rotatable bonds is 6. The normalized spacial score (nSPS) is 10.7. The van der Waals surface area contributed by atoms with Crippen molar-refractivity contribution in [1.29, 1.82) is 0 Å². The molecule has 0 aliphatic rings. The molecular formula is C22H19N5. The van der Waals surface area contributed by atoms with E-state index in [0.29, 0.717) is 0 Å². The van der Waals surface area contributed by atoms with Gasteiger partial charge in [0.25, 0.3) is 0 Å². The maximum atomic E-state index is 4.31. The van der Waals surface area contributed by atoms with Gasteiger partial charge in [-0.3, -0.25) is 9.97 Å². The van der Waals surface area contributed by atoms with Crippen LogP contribution in [0.4, 0.5) is 11.5 Å². The molecule has 0 radical (unpaired) electrons. The number of anilines is 2. The molecule has 1 aromatic carbocycles. The minimum absolute atomic E-state index is 0.164. The van der Waals surface area contributed by atoms with E-state index in [1.54, 1.807) is 18.6 Å². The van der Waals surface area contributed by atoms with E-state index in [0.717, 1.165) is 17.9 Å². The zero-order chi connectivity index (χ0) is 18.3. The van der Waals surface area contributed by atoms with Gasteiger partial charge in [-0.1, -0.05) is 30.3 Å². The molecule has 0 atom stereocenters. The number of hydrogen-bond donors (Lipinski definition) is 1. The van der Waals surface area contributed by atoms with Crippen molar-refractivity contribution in [1.82, 2.24) is 20.2 Å². The van der Waals surface area contributed by atoms with Gasteiger partial charge in [0.2, 0.25) is 0 Å². The SMILES string of the molecule is c1cncc(C(Cc2ccccc2Nc2cccnn2)c2cccnc2)c1. The Hall–Kier alpha value is -3.60. The number of pyridine rings is 2. The monoisotopic (exact) mass is 353 g/mol. The van der Waals surface area contributed by atoms with Crippen molar-refractivity contribution in [3.8, 4) is 0 Å². The van der Waals surface area contributed by atoms with Gasteiger partial charge in [0, 0.05) is 42.6 Å². The van der Waals surface area contributed by atoms with Gasteiger partial charge < -0.3 is 5.32 Å². The van der Waals surface area contributed by atoms with Crippen LogP contribution in [0.25, 0.3) is 0 Å². The average molecular weight is 353 g/mol. The molecule has 4 rings (SSSR count). The molecule has 5 heteroatoms. The molecule has 0 spiro atoms. The fraction of sp³-hybridized carbons (Fsp3) is 0.0909. The Balaban J connectivity index is 1.68. The fourth-order valence-corrected chi connectivity index (χ4v) is 3.14. The summed E-state index contributed by atoms with van der Waals surface area (Å²) in [5.41, 5.74) is 4.55. The van der Waals surface area contributed by atoms with E-state index in [-0.39, 0.29) is 5.92 Å². The Morgan fingerprint density at radius 3 is 2.07 bits per heavy atom. The van der Waals surface area contributed by atoms with E-state index >= 15 is 0 Å². The molecule has 0 aliphatic carbocycles. The maximum absolute atomic E-state index is 4.31. The molecule has 27 heavy (non-hydrogen) atoms. The summed E-state index contributed by atoms with van der Waals surface area (Å²) in [5, 5.41) is 11.4. The fourth-order valence-electron chi connectivity index (χ4n) is 3.14. The van der Waals surface area contributed by atoms with Gasteiger partial charge in [-0.05, 0) is 53.4 Å². The lowest BCUT2D eigenvalue weighted by Crippen LogP contribution is -2.08.